The van der Waals surface area contributed by atoms with Crippen LogP contribution in [0.15, 0.2) is 24.3 Å². The van der Waals surface area contributed by atoms with Crippen molar-refractivity contribution < 1.29 is 9.90 Å². The minimum absolute atomic E-state index is 0.0123. The molecule has 0 bridgehead atoms. The van der Waals surface area contributed by atoms with Crippen LogP contribution in [0.5, 0.6) is 0 Å². The van der Waals surface area contributed by atoms with Crippen molar-refractivity contribution in [3.8, 4) is 0 Å². The van der Waals surface area contributed by atoms with Gasteiger partial charge in [-0.1, -0.05) is 12.1 Å². The Balaban J connectivity index is 2.55. The zero-order valence-corrected chi connectivity index (χ0v) is 13.7. The number of aliphatic hydroxyl groups excluding tert-OH is 1. The average Bonchev–Trinajstić information content (AvgIpc) is 2.46. The standard InChI is InChI=1S/C16H27N3O2/c1-13(12-20)18(4)11-16(21)19(5)10-14-6-8-15(9-7-14)17(2)3/h6-9,13,20H,10-12H2,1-5H3. The molecule has 1 aromatic carbocycles. The van der Waals surface area contributed by atoms with Gasteiger partial charge in [0.2, 0.25) is 5.91 Å². The van der Waals surface area contributed by atoms with Gasteiger partial charge in [-0.3, -0.25) is 9.69 Å². The predicted molar refractivity (Wildman–Crippen MR) is 86.4 cm³/mol. The van der Waals surface area contributed by atoms with Crippen molar-refractivity contribution in [2.45, 2.75) is 19.5 Å². The fourth-order valence-corrected chi connectivity index (χ4v) is 1.89. The lowest BCUT2D eigenvalue weighted by atomic mass is 10.2. The monoisotopic (exact) mass is 293 g/mol. The third kappa shape index (κ3) is 5.36. The van der Waals surface area contributed by atoms with Crippen molar-refractivity contribution >= 4 is 11.6 Å². The minimum atomic E-state index is -0.0123. The normalized spacial score (nSPS) is 12.3. The van der Waals surface area contributed by atoms with Crippen molar-refractivity contribution in [3.05, 3.63) is 29.8 Å². The first-order valence-electron chi connectivity index (χ1n) is 7.16. The van der Waals surface area contributed by atoms with Gasteiger partial charge in [0.15, 0.2) is 0 Å². The third-order valence-corrected chi connectivity index (χ3v) is 3.70. The lowest BCUT2D eigenvalue weighted by Gasteiger charge is -2.25. The van der Waals surface area contributed by atoms with Gasteiger partial charge in [-0.15, -0.1) is 0 Å². The summed E-state index contributed by atoms with van der Waals surface area (Å²) in [7, 11) is 7.66. The van der Waals surface area contributed by atoms with E-state index in [1.54, 1.807) is 11.9 Å². The van der Waals surface area contributed by atoms with Crippen molar-refractivity contribution in [3.63, 3.8) is 0 Å². The number of amides is 1. The van der Waals surface area contributed by atoms with E-state index in [2.05, 4.69) is 0 Å². The molecule has 0 saturated carbocycles. The van der Waals surface area contributed by atoms with Crippen LogP contribution in [0.2, 0.25) is 0 Å². The highest BCUT2D eigenvalue weighted by Gasteiger charge is 2.15. The number of anilines is 1. The van der Waals surface area contributed by atoms with E-state index in [0.29, 0.717) is 13.1 Å². The summed E-state index contributed by atoms with van der Waals surface area (Å²) < 4.78 is 0. The number of rotatable bonds is 7. The number of benzene rings is 1. The molecule has 1 atom stereocenters. The molecule has 118 valence electrons. The van der Waals surface area contributed by atoms with Crippen LogP contribution in [0.4, 0.5) is 5.69 Å². The van der Waals surface area contributed by atoms with Crippen LogP contribution in [-0.4, -0.2) is 68.2 Å². The topological polar surface area (TPSA) is 47.0 Å². The highest BCUT2D eigenvalue weighted by molar-refractivity contribution is 5.78. The Labute approximate surface area is 127 Å². The van der Waals surface area contributed by atoms with E-state index >= 15 is 0 Å². The number of aliphatic hydroxyl groups is 1. The summed E-state index contributed by atoms with van der Waals surface area (Å²) in [4.78, 5) is 17.8. The zero-order valence-electron chi connectivity index (χ0n) is 13.7. The summed E-state index contributed by atoms with van der Waals surface area (Å²) in [5, 5.41) is 9.09. The summed E-state index contributed by atoms with van der Waals surface area (Å²) in [6.07, 6.45) is 0. The molecule has 0 heterocycles. The lowest BCUT2D eigenvalue weighted by Crippen LogP contribution is -2.41. The number of hydrogen-bond acceptors (Lipinski definition) is 4. The molecule has 0 spiro atoms. The average molecular weight is 293 g/mol. The highest BCUT2D eigenvalue weighted by Crippen LogP contribution is 2.13. The summed E-state index contributed by atoms with van der Waals surface area (Å²) >= 11 is 0. The van der Waals surface area contributed by atoms with Gasteiger partial charge in [-0.25, -0.2) is 0 Å². The number of nitrogens with zero attached hydrogens (tertiary/aromatic N) is 3. The van der Waals surface area contributed by atoms with E-state index in [-0.39, 0.29) is 18.6 Å². The first-order chi connectivity index (χ1) is 9.85. The number of carbonyl (C=O) groups excluding carboxylic acids is 1. The van der Waals surface area contributed by atoms with Crippen LogP contribution in [-0.2, 0) is 11.3 Å². The van der Waals surface area contributed by atoms with E-state index < -0.39 is 0 Å². The van der Waals surface area contributed by atoms with Crippen molar-refractivity contribution in [2.24, 2.45) is 0 Å². The van der Waals surface area contributed by atoms with Crippen LogP contribution in [0.25, 0.3) is 0 Å². The molecule has 1 rings (SSSR count). The van der Waals surface area contributed by atoms with Gasteiger partial charge < -0.3 is 14.9 Å². The van der Waals surface area contributed by atoms with Crippen LogP contribution in [0, 0.1) is 0 Å². The second kappa shape index (κ2) is 8.00. The van der Waals surface area contributed by atoms with Gasteiger partial charge in [0.25, 0.3) is 0 Å². The van der Waals surface area contributed by atoms with E-state index in [9.17, 15) is 4.79 Å². The molecule has 0 aliphatic rings. The zero-order chi connectivity index (χ0) is 16.0. The van der Waals surface area contributed by atoms with Gasteiger partial charge in [0.05, 0.1) is 13.2 Å². The quantitative estimate of drug-likeness (QED) is 0.815. The Morgan fingerprint density at radius 1 is 1.14 bits per heavy atom. The Hall–Kier alpha value is -1.59. The molecule has 5 heteroatoms. The van der Waals surface area contributed by atoms with E-state index in [1.165, 1.54) is 0 Å². The van der Waals surface area contributed by atoms with Crippen molar-refractivity contribution in [2.75, 3.05) is 46.2 Å². The molecule has 5 nitrogen and oxygen atoms in total. The van der Waals surface area contributed by atoms with E-state index in [0.717, 1.165) is 11.3 Å². The maximum absolute atomic E-state index is 12.1. The number of carbonyl (C=O) groups is 1. The molecule has 0 aliphatic heterocycles. The maximum atomic E-state index is 12.1. The van der Waals surface area contributed by atoms with Crippen LogP contribution in [0.3, 0.4) is 0 Å². The first kappa shape index (κ1) is 17.5. The largest absolute Gasteiger partial charge is 0.395 e. The molecule has 0 aliphatic carbocycles. The van der Waals surface area contributed by atoms with E-state index in [1.807, 2.05) is 62.1 Å². The molecule has 1 aromatic rings. The number of hydrogen-bond donors (Lipinski definition) is 1. The molecule has 21 heavy (non-hydrogen) atoms. The Kier molecular flexibility index (Phi) is 6.65. The van der Waals surface area contributed by atoms with Crippen LogP contribution in [0.1, 0.15) is 12.5 Å². The summed E-state index contributed by atoms with van der Waals surface area (Å²) in [6, 6.07) is 8.17. The predicted octanol–water partition coefficient (Wildman–Crippen LogP) is 1.02. The first-order valence-corrected chi connectivity index (χ1v) is 7.16. The summed E-state index contributed by atoms with van der Waals surface area (Å²) in [5.41, 5.74) is 2.25. The Bertz CT molecular complexity index is 445. The van der Waals surface area contributed by atoms with Crippen LogP contribution >= 0.6 is 0 Å². The van der Waals surface area contributed by atoms with Crippen molar-refractivity contribution in [1.29, 1.82) is 0 Å². The number of likely N-dealkylation sites (N-methyl/N-ethyl adjacent to an activating group) is 2. The molecule has 1 unspecified atom stereocenters. The fraction of sp³-hybridized carbons (Fsp3) is 0.562. The molecular weight excluding hydrogens is 266 g/mol. The maximum Gasteiger partial charge on any atom is 0.236 e. The van der Waals surface area contributed by atoms with Crippen molar-refractivity contribution in [1.82, 2.24) is 9.80 Å². The molecule has 0 radical (unpaired) electrons. The smallest absolute Gasteiger partial charge is 0.236 e. The van der Waals surface area contributed by atoms with Gasteiger partial charge in [-0.2, -0.15) is 0 Å². The van der Waals surface area contributed by atoms with Gasteiger partial charge in [-0.05, 0) is 31.7 Å². The Morgan fingerprint density at radius 2 is 1.71 bits per heavy atom. The second-order valence-electron chi connectivity index (χ2n) is 5.76. The van der Waals surface area contributed by atoms with Gasteiger partial charge in [0.1, 0.15) is 0 Å². The fourth-order valence-electron chi connectivity index (χ4n) is 1.89. The van der Waals surface area contributed by atoms with Crippen LogP contribution < -0.4 is 4.90 Å². The molecular formula is C16H27N3O2. The molecule has 1 amide bonds. The molecule has 0 aromatic heterocycles. The van der Waals surface area contributed by atoms with Gasteiger partial charge in [0, 0.05) is 39.4 Å². The van der Waals surface area contributed by atoms with Gasteiger partial charge >= 0.3 is 0 Å². The minimum Gasteiger partial charge on any atom is -0.395 e. The third-order valence-electron chi connectivity index (χ3n) is 3.70. The van der Waals surface area contributed by atoms with E-state index in [4.69, 9.17) is 5.11 Å². The molecule has 0 saturated heterocycles. The molecule has 1 N–H and O–H groups in total. The second-order valence-corrected chi connectivity index (χ2v) is 5.76. The Morgan fingerprint density at radius 3 is 2.19 bits per heavy atom. The summed E-state index contributed by atoms with van der Waals surface area (Å²) in [6.45, 7) is 2.86. The lowest BCUT2D eigenvalue weighted by molar-refractivity contribution is -0.131. The SMILES string of the molecule is CC(CO)N(C)CC(=O)N(C)Cc1ccc(N(C)C)cc1. The molecule has 0 fully saturated rings. The summed E-state index contributed by atoms with van der Waals surface area (Å²) in [5.74, 6) is 0.0505. The highest BCUT2D eigenvalue weighted by atomic mass is 16.3.